The molecule has 0 aliphatic rings. The molecule has 0 bridgehead atoms. The molecule has 3 N–H and O–H groups in total. The van der Waals surface area contributed by atoms with Gasteiger partial charge in [-0.05, 0) is 24.6 Å². The molecular formula is C13H22N2O. The summed E-state index contributed by atoms with van der Waals surface area (Å²) in [5, 5.41) is 9.39. The molecule has 16 heavy (non-hydrogen) atoms. The van der Waals surface area contributed by atoms with E-state index < -0.39 is 0 Å². The lowest BCUT2D eigenvalue weighted by Gasteiger charge is -2.23. The highest BCUT2D eigenvalue weighted by Crippen LogP contribution is 2.11. The summed E-state index contributed by atoms with van der Waals surface area (Å²) in [6, 6.07) is 8.21. The van der Waals surface area contributed by atoms with Crippen molar-refractivity contribution in [1.29, 1.82) is 0 Å². The summed E-state index contributed by atoms with van der Waals surface area (Å²) in [4.78, 5) is 2.22. The van der Waals surface area contributed by atoms with Gasteiger partial charge in [-0.1, -0.05) is 31.2 Å². The first kappa shape index (κ1) is 13.2. The molecule has 1 rings (SSSR count). The maximum atomic E-state index is 9.39. The Labute approximate surface area is 97.9 Å². The molecule has 0 aromatic heterocycles. The van der Waals surface area contributed by atoms with Gasteiger partial charge in [0.15, 0.2) is 0 Å². The van der Waals surface area contributed by atoms with Crippen LogP contribution in [0.5, 0.6) is 0 Å². The van der Waals surface area contributed by atoms with Crippen molar-refractivity contribution in [2.24, 2.45) is 5.73 Å². The number of hydrogen-bond acceptors (Lipinski definition) is 3. The average Bonchev–Trinajstić information content (AvgIpc) is 2.28. The van der Waals surface area contributed by atoms with Crippen molar-refractivity contribution in [2.45, 2.75) is 33.0 Å². The predicted molar refractivity (Wildman–Crippen MR) is 67.0 cm³/mol. The lowest BCUT2D eigenvalue weighted by Crippen LogP contribution is -2.30. The Bertz CT molecular complexity index is 313. The Balaban J connectivity index is 2.69. The topological polar surface area (TPSA) is 49.5 Å². The van der Waals surface area contributed by atoms with Crippen LogP contribution in [0.4, 0.5) is 0 Å². The number of rotatable bonds is 6. The lowest BCUT2D eigenvalue weighted by atomic mass is 10.1. The highest BCUT2D eigenvalue weighted by Gasteiger charge is 2.08. The standard InChI is InChI=1S/C13H22N2O/c1-3-15(9-11(2)16)10-13-7-5-4-6-12(13)8-14/h4-7,11,16H,3,8-10,14H2,1-2H3. The van der Waals surface area contributed by atoms with Crippen LogP contribution < -0.4 is 5.73 Å². The van der Waals surface area contributed by atoms with Crippen LogP contribution in [0.3, 0.4) is 0 Å². The minimum atomic E-state index is -0.287. The number of aliphatic hydroxyl groups excluding tert-OH is 1. The zero-order valence-electron chi connectivity index (χ0n) is 10.2. The van der Waals surface area contributed by atoms with Crippen molar-refractivity contribution >= 4 is 0 Å². The Kier molecular flexibility index (Phi) is 5.46. The average molecular weight is 222 g/mol. The summed E-state index contributed by atoms with van der Waals surface area (Å²) in [6.45, 7) is 6.99. The highest BCUT2D eigenvalue weighted by molar-refractivity contribution is 5.26. The van der Waals surface area contributed by atoms with E-state index in [4.69, 9.17) is 5.73 Å². The van der Waals surface area contributed by atoms with Gasteiger partial charge in [0.1, 0.15) is 0 Å². The molecule has 90 valence electrons. The maximum absolute atomic E-state index is 9.39. The zero-order valence-corrected chi connectivity index (χ0v) is 10.2. The minimum absolute atomic E-state index is 0.287. The molecule has 0 aliphatic carbocycles. The van der Waals surface area contributed by atoms with Gasteiger partial charge < -0.3 is 10.8 Å². The normalized spacial score (nSPS) is 13.1. The maximum Gasteiger partial charge on any atom is 0.0639 e. The number of nitrogens with zero attached hydrogens (tertiary/aromatic N) is 1. The fourth-order valence-corrected chi connectivity index (χ4v) is 1.83. The molecule has 1 atom stereocenters. The summed E-state index contributed by atoms with van der Waals surface area (Å²) in [5.74, 6) is 0. The molecule has 0 radical (unpaired) electrons. The first-order chi connectivity index (χ1) is 7.67. The lowest BCUT2D eigenvalue weighted by molar-refractivity contribution is 0.126. The van der Waals surface area contributed by atoms with E-state index in [1.165, 1.54) is 11.1 Å². The molecule has 1 aromatic rings. The molecule has 3 heteroatoms. The van der Waals surface area contributed by atoms with Gasteiger partial charge in [0, 0.05) is 19.6 Å². The van der Waals surface area contributed by atoms with Crippen molar-refractivity contribution < 1.29 is 5.11 Å². The third-order valence-corrected chi connectivity index (χ3v) is 2.70. The van der Waals surface area contributed by atoms with Crippen molar-refractivity contribution in [2.75, 3.05) is 13.1 Å². The van der Waals surface area contributed by atoms with Crippen molar-refractivity contribution in [3.8, 4) is 0 Å². The van der Waals surface area contributed by atoms with Crippen LogP contribution in [-0.2, 0) is 13.1 Å². The number of aliphatic hydroxyl groups is 1. The van der Waals surface area contributed by atoms with Crippen LogP contribution in [-0.4, -0.2) is 29.2 Å². The van der Waals surface area contributed by atoms with E-state index in [9.17, 15) is 5.11 Å². The van der Waals surface area contributed by atoms with E-state index in [0.717, 1.165) is 13.1 Å². The Hall–Kier alpha value is -0.900. The Morgan fingerprint density at radius 1 is 1.31 bits per heavy atom. The molecule has 0 saturated carbocycles. The van der Waals surface area contributed by atoms with E-state index in [2.05, 4.69) is 24.0 Å². The van der Waals surface area contributed by atoms with Crippen LogP contribution in [0.15, 0.2) is 24.3 Å². The van der Waals surface area contributed by atoms with Gasteiger partial charge in [-0.2, -0.15) is 0 Å². The first-order valence-electron chi connectivity index (χ1n) is 5.84. The van der Waals surface area contributed by atoms with Gasteiger partial charge >= 0.3 is 0 Å². The van der Waals surface area contributed by atoms with Gasteiger partial charge in [0.25, 0.3) is 0 Å². The first-order valence-corrected chi connectivity index (χ1v) is 5.84. The number of hydrogen-bond donors (Lipinski definition) is 2. The SMILES string of the molecule is CCN(Cc1ccccc1CN)CC(C)O. The molecular weight excluding hydrogens is 200 g/mol. The van der Waals surface area contributed by atoms with E-state index in [1.807, 2.05) is 19.1 Å². The number of benzene rings is 1. The van der Waals surface area contributed by atoms with Gasteiger partial charge in [-0.25, -0.2) is 0 Å². The van der Waals surface area contributed by atoms with Crippen LogP contribution in [0.2, 0.25) is 0 Å². The zero-order chi connectivity index (χ0) is 12.0. The monoisotopic (exact) mass is 222 g/mol. The number of nitrogens with two attached hydrogens (primary N) is 1. The third-order valence-electron chi connectivity index (χ3n) is 2.70. The molecule has 0 aliphatic heterocycles. The molecule has 0 fully saturated rings. The van der Waals surface area contributed by atoms with Crippen LogP contribution in [0, 0.1) is 0 Å². The molecule has 0 saturated heterocycles. The molecule has 0 spiro atoms. The van der Waals surface area contributed by atoms with E-state index in [1.54, 1.807) is 0 Å². The molecule has 1 aromatic carbocycles. The van der Waals surface area contributed by atoms with Gasteiger partial charge in [0.05, 0.1) is 6.10 Å². The summed E-state index contributed by atoms with van der Waals surface area (Å²) in [7, 11) is 0. The second-order valence-electron chi connectivity index (χ2n) is 4.15. The Morgan fingerprint density at radius 3 is 2.44 bits per heavy atom. The molecule has 1 unspecified atom stereocenters. The van der Waals surface area contributed by atoms with Crippen LogP contribution in [0.25, 0.3) is 0 Å². The predicted octanol–water partition coefficient (Wildman–Crippen LogP) is 1.35. The van der Waals surface area contributed by atoms with E-state index >= 15 is 0 Å². The van der Waals surface area contributed by atoms with Crippen molar-refractivity contribution in [3.05, 3.63) is 35.4 Å². The summed E-state index contributed by atoms with van der Waals surface area (Å²) in [6.07, 6.45) is -0.287. The second kappa shape index (κ2) is 6.63. The smallest absolute Gasteiger partial charge is 0.0639 e. The van der Waals surface area contributed by atoms with Gasteiger partial charge in [-0.15, -0.1) is 0 Å². The molecule has 0 heterocycles. The summed E-state index contributed by atoms with van der Waals surface area (Å²) >= 11 is 0. The summed E-state index contributed by atoms with van der Waals surface area (Å²) < 4.78 is 0. The van der Waals surface area contributed by atoms with Crippen LogP contribution in [0.1, 0.15) is 25.0 Å². The van der Waals surface area contributed by atoms with Crippen molar-refractivity contribution in [3.63, 3.8) is 0 Å². The quantitative estimate of drug-likeness (QED) is 0.764. The fraction of sp³-hybridized carbons (Fsp3) is 0.538. The third kappa shape index (κ3) is 3.93. The van der Waals surface area contributed by atoms with E-state index in [0.29, 0.717) is 13.1 Å². The van der Waals surface area contributed by atoms with E-state index in [-0.39, 0.29) is 6.10 Å². The Morgan fingerprint density at radius 2 is 1.94 bits per heavy atom. The highest BCUT2D eigenvalue weighted by atomic mass is 16.3. The minimum Gasteiger partial charge on any atom is -0.392 e. The largest absolute Gasteiger partial charge is 0.392 e. The number of likely N-dealkylation sites (N-methyl/N-ethyl adjacent to an activating group) is 1. The fourth-order valence-electron chi connectivity index (χ4n) is 1.83. The van der Waals surface area contributed by atoms with Gasteiger partial charge in [-0.3, -0.25) is 4.90 Å². The molecule has 0 amide bonds. The van der Waals surface area contributed by atoms with Gasteiger partial charge in [0.2, 0.25) is 0 Å². The molecule has 3 nitrogen and oxygen atoms in total. The second-order valence-corrected chi connectivity index (χ2v) is 4.15. The van der Waals surface area contributed by atoms with Crippen molar-refractivity contribution in [1.82, 2.24) is 4.90 Å². The summed E-state index contributed by atoms with van der Waals surface area (Å²) in [5.41, 5.74) is 8.14. The van der Waals surface area contributed by atoms with Crippen LogP contribution >= 0.6 is 0 Å².